The monoisotopic (exact) mass is 254 g/mol. The molecule has 18 heavy (non-hydrogen) atoms. The van der Waals surface area contributed by atoms with Gasteiger partial charge < -0.3 is 15.0 Å². The number of amides is 2. The first-order valence-electron chi connectivity index (χ1n) is 6.73. The van der Waals surface area contributed by atoms with Crippen LogP contribution in [0.25, 0.3) is 0 Å². The fourth-order valence-electron chi connectivity index (χ4n) is 2.26. The van der Waals surface area contributed by atoms with Crippen molar-refractivity contribution in [2.45, 2.75) is 44.8 Å². The lowest BCUT2D eigenvalue weighted by Gasteiger charge is -2.33. The fraction of sp³-hybridized carbons (Fsp3) is 0.846. The van der Waals surface area contributed by atoms with E-state index in [2.05, 4.69) is 5.32 Å². The number of hydrogen-bond acceptors (Lipinski definition) is 3. The van der Waals surface area contributed by atoms with Gasteiger partial charge in [-0.25, -0.2) is 0 Å². The van der Waals surface area contributed by atoms with Gasteiger partial charge in [-0.1, -0.05) is 0 Å². The normalized spacial score (nSPS) is 22.7. The maximum atomic E-state index is 11.9. The van der Waals surface area contributed by atoms with Crippen LogP contribution in [0, 0.1) is 5.92 Å². The molecule has 0 radical (unpaired) electrons. The molecular formula is C13H22N2O3. The minimum Gasteiger partial charge on any atom is -0.372 e. The van der Waals surface area contributed by atoms with Crippen molar-refractivity contribution in [3.8, 4) is 0 Å². The van der Waals surface area contributed by atoms with E-state index in [-0.39, 0.29) is 11.9 Å². The summed E-state index contributed by atoms with van der Waals surface area (Å²) in [6, 6.07) is 0.179. The second kappa shape index (κ2) is 5.69. The maximum absolute atomic E-state index is 11.9. The summed E-state index contributed by atoms with van der Waals surface area (Å²) in [4.78, 5) is 25.5. The molecule has 1 atom stereocenters. The van der Waals surface area contributed by atoms with Crippen molar-refractivity contribution in [2.75, 3.05) is 20.2 Å². The molecule has 0 aromatic heterocycles. The first-order chi connectivity index (χ1) is 8.61. The fourth-order valence-corrected chi connectivity index (χ4v) is 2.26. The first-order valence-corrected chi connectivity index (χ1v) is 6.73. The second-order valence-electron chi connectivity index (χ2n) is 5.26. The third-order valence-corrected chi connectivity index (χ3v) is 3.80. The first kappa shape index (κ1) is 13.3. The molecule has 0 aromatic rings. The van der Waals surface area contributed by atoms with Crippen LogP contribution in [0.3, 0.4) is 0 Å². The van der Waals surface area contributed by atoms with Crippen molar-refractivity contribution in [2.24, 2.45) is 5.92 Å². The summed E-state index contributed by atoms with van der Waals surface area (Å²) >= 11 is 0. The summed E-state index contributed by atoms with van der Waals surface area (Å²) in [5.41, 5.74) is 0. The van der Waals surface area contributed by atoms with Gasteiger partial charge >= 0.3 is 0 Å². The molecule has 2 aliphatic rings. The average Bonchev–Trinajstić information content (AvgIpc) is 3.22. The Labute approximate surface area is 108 Å². The summed E-state index contributed by atoms with van der Waals surface area (Å²) in [5.74, 6) is 0.541. The van der Waals surface area contributed by atoms with E-state index in [1.54, 1.807) is 6.92 Å². The van der Waals surface area contributed by atoms with Crippen LogP contribution in [-0.4, -0.2) is 49.1 Å². The third kappa shape index (κ3) is 3.22. The lowest BCUT2D eigenvalue weighted by Crippen LogP contribution is -2.49. The zero-order valence-electron chi connectivity index (χ0n) is 11.1. The van der Waals surface area contributed by atoms with Gasteiger partial charge in [0.05, 0.1) is 0 Å². The van der Waals surface area contributed by atoms with Crippen molar-refractivity contribution < 1.29 is 14.3 Å². The van der Waals surface area contributed by atoms with E-state index < -0.39 is 6.10 Å². The Balaban J connectivity index is 1.72. The highest BCUT2D eigenvalue weighted by molar-refractivity contribution is 5.81. The molecule has 1 N–H and O–H groups in total. The van der Waals surface area contributed by atoms with Crippen LogP contribution in [0.5, 0.6) is 0 Å². The second-order valence-corrected chi connectivity index (χ2v) is 5.26. The Morgan fingerprint density at radius 1 is 1.22 bits per heavy atom. The van der Waals surface area contributed by atoms with Gasteiger partial charge in [-0.2, -0.15) is 0 Å². The molecule has 1 saturated heterocycles. The van der Waals surface area contributed by atoms with Gasteiger partial charge in [0.25, 0.3) is 0 Å². The number of methoxy groups -OCH3 is 1. The van der Waals surface area contributed by atoms with Gasteiger partial charge in [0, 0.05) is 32.2 Å². The van der Waals surface area contributed by atoms with Crippen LogP contribution < -0.4 is 5.32 Å². The van der Waals surface area contributed by atoms with E-state index >= 15 is 0 Å². The molecule has 1 unspecified atom stereocenters. The highest BCUT2D eigenvalue weighted by Crippen LogP contribution is 2.31. The van der Waals surface area contributed by atoms with Crippen molar-refractivity contribution in [1.29, 1.82) is 0 Å². The standard InChI is InChI=1S/C13H22N2O3/c1-9(18-2)12(16)14-11-5-7-15(8-6-11)13(17)10-3-4-10/h9-11H,3-8H2,1-2H3,(H,14,16). The van der Waals surface area contributed by atoms with Gasteiger partial charge in [-0.05, 0) is 32.6 Å². The molecule has 5 nitrogen and oxygen atoms in total. The Bertz CT molecular complexity index is 320. The quantitative estimate of drug-likeness (QED) is 0.796. The summed E-state index contributed by atoms with van der Waals surface area (Å²) in [5, 5.41) is 2.97. The van der Waals surface area contributed by atoms with Gasteiger partial charge in [-0.15, -0.1) is 0 Å². The summed E-state index contributed by atoms with van der Waals surface area (Å²) < 4.78 is 4.98. The zero-order chi connectivity index (χ0) is 13.1. The lowest BCUT2D eigenvalue weighted by molar-refractivity contribution is -0.134. The number of piperidine rings is 1. The van der Waals surface area contributed by atoms with E-state index in [0.29, 0.717) is 11.8 Å². The highest BCUT2D eigenvalue weighted by atomic mass is 16.5. The van der Waals surface area contributed by atoms with Crippen LogP contribution in [0.1, 0.15) is 32.6 Å². The van der Waals surface area contributed by atoms with Crippen LogP contribution in [0.4, 0.5) is 0 Å². The van der Waals surface area contributed by atoms with E-state index in [4.69, 9.17) is 4.74 Å². The Hall–Kier alpha value is -1.10. The SMILES string of the molecule is COC(C)C(=O)NC1CCN(C(=O)C2CC2)CC1. The molecular weight excluding hydrogens is 232 g/mol. The largest absolute Gasteiger partial charge is 0.372 e. The molecule has 102 valence electrons. The van der Waals surface area contributed by atoms with Crippen molar-refractivity contribution in [1.82, 2.24) is 10.2 Å². The molecule has 0 spiro atoms. The van der Waals surface area contributed by atoms with Crippen LogP contribution in [-0.2, 0) is 14.3 Å². The summed E-state index contributed by atoms with van der Waals surface area (Å²) in [6.45, 7) is 3.27. The molecule has 2 amide bonds. The highest BCUT2D eigenvalue weighted by Gasteiger charge is 2.35. The maximum Gasteiger partial charge on any atom is 0.249 e. The van der Waals surface area contributed by atoms with Crippen LogP contribution >= 0.6 is 0 Å². The predicted octanol–water partition coefficient (Wildman–Crippen LogP) is 0.538. The number of hydrogen-bond donors (Lipinski definition) is 1. The molecule has 1 saturated carbocycles. The van der Waals surface area contributed by atoms with Crippen molar-refractivity contribution >= 4 is 11.8 Å². The molecule has 2 fully saturated rings. The number of carbonyl (C=O) groups excluding carboxylic acids is 2. The van der Waals surface area contributed by atoms with E-state index in [1.165, 1.54) is 7.11 Å². The Kier molecular flexibility index (Phi) is 4.22. The molecule has 0 aromatic carbocycles. The lowest BCUT2D eigenvalue weighted by atomic mass is 10.0. The number of carbonyl (C=O) groups is 2. The molecule has 1 heterocycles. The predicted molar refractivity (Wildman–Crippen MR) is 66.9 cm³/mol. The topological polar surface area (TPSA) is 58.6 Å². The summed E-state index contributed by atoms with van der Waals surface area (Å²) in [6.07, 6.45) is 3.40. The van der Waals surface area contributed by atoms with E-state index in [1.807, 2.05) is 4.90 Å². The van der Waals surface area contributed by atoms with Gasteiger partial charge in [0.1, 0.15) is 6.10 Å². The number of nitrogens with zero attached hydrogens (tertiary/aromatic N) is 1. The van der Waals surface area contributed by atoms with Crippen LogP contribution in [0.15, 0.2) is 0 Å². The molecule has 0 bridgehead atoms. The van der Waals surface area contributed by atoms with E-state index in [0.717, 1.165) is 38.8 Å². The smallest absolute Gasteiger partial charge is 0.249 e. The van der Waals surface area contributed by atoms with Gasteiger partial charge in [0.2, 0.25) is 11.8 Å². The Morgan fingerprint density at radius 3 is 2.33 bits per heavy atom. The molecule has 1 aliphatic carbocycles. The van der Waals surface area contributed by atoms with E-state index in [9.17, 15) is 9.59 Å². The van der Waals surface area contributed by atoms with Crippen LogP contribution in [0.2, 0.25) is 0 Å². The minimum atomic E-state index is -0.406. The average molecular weight is 254 g/mol. The number of ether oxygens (including phenoxy) is 1. The Morgan fingerprint density at radius 2 is 1.83 bits per heavy atom. The number of nitrogens with one attached hydrogen (secondary N) is 1. The third-order valence-electron chi connectivity index (χ3n) is 3.80. The van der Waals surface area contributed by atoms with Gasteiger partial charge in [-0.3, -0.25) is 9.59 Å². The molecule has 5 heteroatoms. The molecule has 2 rings (SSSR count). The van der Waals surface area contributed by atoms with Crippen molar-refractivity contribution in [3.05, 3.63) is 0 Å². The number of rotatable bonds is 4. The summed E-state index contributed by atoms with van der Waals surface area (Å²) in [7, 11) is 1.53. The number of likely N-dealkylation sites (tertiary alicyclic amines) is 1. The minimum absolute atomic E-state index is 0.0653. The van der Waals surface area contributed by atoms with Crippen molar-refractivity contribution in [3.63, 3.8) is 0 Å². The van der Waals surface area contributed by atoms with Gasteiger partial charge in [0.15, 0.2) is 0 Å². The zero-order valence-corrected chi connectivity index (χ0v) is 11.1. The molecule has 1 aliphatic heterocycles.